The van der Waals surface area contributed by atoms with E-state index in [-0.39, 0.29) is 22.2 Å². The van der Waals surface area contributed by atoms with E-state index in [4.69, 9.17) is 10.7 Å². The van der Waals surface area contributed by atoms with E-state index in [2.05, 4.69) is 0 Å². The van der Waals surface area contributed by atoms with Crippen molar-refractivity contribution in [3.63, 3.8) is 0 Å². The van der Waals surface area contributed by atoms with Crippen LogP contribution in [-0.2, 0) is 13.8 Å². The van der Waals surface area contributed by atoms with Gasteiger partial charge in [0.05, 0.1) is 3.57 Å². The van der Waals surface area contributed by atoms with Crippen LogP contribution in [0.25, 0.3) is 0 Å². The summed E-state index contributed by atoms with van der Waals surface area (Å²) < 4.78 is 49.0. The topological polar surface area (TPSA) is 54.5 Å². The first-order chi connectivity index (χ1) is 8.70. The highest BCUT2D eigenvalue weighted by molar-refractivity contribution is 14.1. The molecule has 0 radical (unpaired) electrons. The third-order valence-electron chi connectivity index (χ3n) is 2.77. The second-order valence-corrected chi connectivity index (χ2v) is 8.02. The largest absolute Gasteiger partial charge is 0.311 e. The molecule has 104 valence electrons. The van der Waals surface area contributed by atoms with Gasteiger partial charge in [0.1, 0.15) is 16.9 Å². The summed E-state index contributed by atoms with van der Waals surface area (Å²) >= 11 is 1.50. The van der Waals surface area contributed by atoms with Gasteiger partial charge in [-0.3, -0.25) is 4.79 Å². The van der Waals surface area contributed by atoms with Crippen molar-refractivity contribution in [1.29, 1.82) is 0 Å². The summed E-state index contributed by atoms with van der Waals surface area (Å²) in [5.41, 5.74) is -0.0109. The summed E-state index contributed by atoms with van der Waals surface area (Å²) in [6, 6.07) is 1.98. The molecule has 1 aromatic rings. The van der Waals surface area contributed by atoms with Crippen LogP contribution in [0.4, 0.5) is 14.5 Å². The third kappa shape index (κ3) is 3.00. The van der Waals surface area contributed by atoms with E-state index in [9.17, 15) is 22.0 Å². The van der Waals surface area contributed by atoms with Crippen LogP contribution in [0.1, 0.15) is 6.42 Å². The molecule has 0 bridgehead atoms. The highest BCUT2D eigenvalue weighted by atomic mass is 127. The van der Waals surface area contributed by atoms with Gasteiger partial charge in [-0.15, -0.1) is 0 Å². The van der Waals surface area contributed by atoms with Crippen LogP contribution in [0, 0.1) is 15.2 Å². The Bertz CT molecular complexity index is 629. The van der Waals surface area contributed by atoms with E-state index in [1.54, 1.807) is 0 Å². The molecule has 0 saturated carbocycles. The maximum atomic E-state index is 13.4. The maximum absolute atomic E-state index is 13.4. The average Bonchev–Trinajstić information content (AvgIpc) is 2.67. The van der Waals surface area contributed by atoms with Crippen LogP contribution in [0.5, 0.6) is 0 Å². The smallest absolute Gasteiger partial charge is 0.237 e. The van der Waals surface area contributed by atoms with Crippen LogP contribution in [0.2, 0.25) is 0 Å². The summed E-state index contributed by atoms with van der Waals surface area (Å²) in [4.78, 5) is 12.7. The Morgan fingerprint density at radius 2 is 1.84 bits per heavy atom. The van der Waals surface area contributed by atoms with Gasteiger partial charge in [-0.2, -0.15) is 0 Å². The molecule has 4 nitrogen and oxygen atoms in total. The number of hydrogen-bond donors (Lipinski definition) is 0. The minimum absolute atomic E-state index is 0.0109. The summed E-state index contributed by atoms with van der Waals surface area (Å²) in [6.07, 6.45) is -0.291. The molecular formula is C10H7ClF2INO3S. The van der Waals surface area contributed by atoms with Crippen LogP contribution < -0.4 is 4.90 Å². The van der Waals surface area contributed by atoms with Gasteiger partial charge in [-0.05, 0) is 34.7 Å². The second kappa shape index (κ2) is 5.13. The predicted octanol–water partition coefficient (Wildman–Crippen LogP) is 2.24. The van der Waals surface area contributed by atoms with Crippen molar-refractivity contribution < 1.29 is 22.0 Å². The number of rotatable bonds is 2. The van der Waals surface area contributed by atoms with E-state index in [1.807, 2.05) is 0 Å². The van der Waals surface area contributed by atoms with E-state index in [1.165, 1.54) is 22.6 Å². The van der Waals surface area contributed by atoms with Gasteiger partial charge in [-0.1, -0.05) is 0 Å². The zero-order valence-electron chi connectivity index (χ0n) is 9.24. The number of anilines is 1. The lowest BCUT2D eigenvalue weighted by Gasteiger charge is -2.16. The molecule has 0 spiro atoms. The van der Waals surface area contributed by atoms with Crippen LogP contribution in [-0.4, -0.2) is 26.1 Å². The first-order valence-electron chi connectivity index (χ1n) is 5.08. The van der Waals surface area contributed by atoms with Crippen LogP contribution in [0.3, 0.4) is 0 Å². The molecule has 1 heterocycles. The molecular weight excluding hydrogens is 415 g/mol. The summed E-state index contributed by atoms with van der Waals surface area (Å²) in [7, 11) is 1.31. The average molecular weight is 422 g/mol. The van der Waals surface area contributed by atoms with Crippen LogP contribution in [0.15, 0.2) is 12.1 Å². The van der Waals surface area contributed by atoms with Gasteiger partial charge in [0.15, 0.2) is 0 Å². The molecule has 2 rings (SSSR count). The lowest BCUT2D eigenvalue weighted by molar-refractivity contribution is -0.117. The number of carbonyl (C=O) groups is 1. The molecule has 1 amide bonds. The highest BCUT2D eigenvalue weighted by Gasteiger charge is 2.38. The van der Waals surface area contributed by atoms with E-state index >= 15 is 0 Å². The standard InChI is InChI=1S/C10H7ClF2INO3S/c11-19(17,18)6-3-9(16)15(4-6)5-1-7(12)10(14)8(13)2-5/h1-2,6H,3-4H2. The molecule has 1 atom stereocenters. The Morgan fingerprint density at radius 3 is 2.26 bits per heavy atom. The van der Waals surface area contributed by atoms with Crippen molar-refractivity contribution in [3.8, 4) is 0 Å². The fourth-order valence-corrected chi connectivity index (χ4v) is 3.15. The molecule has 0 aromatic heterocycles. The fraction of sp³-hybridized carbons (Fsp3) is 0.300. The highest BCUT2D eigenvalue weighted by Crippen LogP contribution is 2.29. The molecule has 0 aliphatic carbocycles. The zero-order chi connectivity index (χ0) is 14.4. The molecule has 1 fully saturated rings. The normalized spacial score (nSPS) is 20.1. The SMILES string of the molecule is O=C1CC(S(=O)(=O)Cl)CN1c1cc(F)c(I)c(F)c1. The minimum Gasteiger partial charge on any atom is -0.311 e. The number of benzene rings is 1. The zero-order valence-corrected chi connectivity index (χ0v) is 13.0. The molecule has 1 unspecified atom stereocenters. The quantitative estimate of drug-likeness (QED) is 0.418. The lowest BCUT2D eigenvalue weighted by atomic mass is 10.3. The van der Waals surface area contributed by atoms with Crippen molar-refractivity contribution in [1.82, 2.24) is 0 Å². The Balaban J connectivity index is 2.36. The van der Waals surface area contributed by atoms with Crippen LogP contribution >= 0.6 is 33.3 Å². The number of nitrogens with zero attached hydrogens (tertiary/aromatic N) is 1. The van der Waals surface area contributed by atoms with Gasteiger partial charge in [0, 0.05) is 29.3 Å². The second-order valence-electron chi connectivity index (χ2n) is 4.03. The summed E-state index contributed by atoms with van der Waals surface area (Å²) in [6.45, 7) is -0.204. The van der Waals surface area contributed by atoms with E-state index in [0.29, 0.717) is 0 Å². The molecule has 0 N–H and O–H groups in total. The number of carbonyl (C=O) groups excluding carboxylic acids is 1. The Hall–Kier alpha value is -0.480. The van der Waals surface area contributed by atoms with Crippen molar-refractivity contribution in [2.45, 2.75) is 11.7 Å². The van der Waals surface area contributed by atoms with Gasteiger partial charge in [-0.25, -0.2) is 17.2 Å². The number of amides is 1. The number of halogens is 4. The molecule has 1 aliphatic rings. The van der Waals surface area contributed by atoms with Crippen molar-refractivity contribution in [2.24, 2.45) is 0 Å². The van der Waals surface area contributed by atoms with Crippen molar-refractivity contribution in [2.75, 3.05) is 11.4 Å². The third-order valence-corrected chi connectivity index (χ3v) is 5.67. The Kier molecular flexibility index (Phi) is 4.03. The monoisotopic (exact) mass is 421 g/mol. The Labute approximate surface area is 126 Å². The maximum Gasteiger partial charge on any atom is 0.237 e. The first kappa shape index (κ1) is 14.9. The van der Waals surface area contributed by atoms with Gasteiger partial charge < -0.3 is 4.90 Å². The van der Waals surface area contributed by atoms with E-state index < -0.39 is 31.8 Å². The van der Waals surface area contributed by atoms with Crippen molar-refractivity contribution in [3.05, 3.63) is 27.3 Å². The summed E-state index contributed by atoms with van der Waals surface area (Å²) in [5.74, 6) is -2.14. The van der Waals surface area contributed by atoms with Gasteiger partial charge >= 0.3 is 0 Å². The van der Waals surface area contributed by atoms with E-state index in [0.717, 1.165) is 17.0 Å². The molecule has 1 aliphatic heterocycles. The van der Waals surface area contributed by atoms with Gasteiger partial charge in [0.25, 0.3) is 0 Å². The van der Waals surface area contributed by atoms with Crippen molar-refractivity contribution >= 4 is 53.9 Å². The minimum atomic E-state index is -3.88. The first-order valence-corrected chi connectivity index (χ1v) is 8.53. The molecule has 1 aromatic carbocycles. The fourth-order valence-electron chi connectivity index (χ4n) is 1.81. The molecule has 9 heteroatoms. The molecule has 1 saturated heterocycles. The summed E-state index contributed by atoms with van der Waals surface area (Å²) in [5, 5.41) is -1.06. The Morgan fingerprint density at radius 1 is 1.32 bits per heavy atom. The lowest BCUT2D eigenvalue weighted by Crippen LogP contribution is -2.27. The molecule has 19 heavy (non-hydrogen) atoms. The van der Waals surface area contributed by atoms with Gasteiger partial charge in [0.2, 0.25) is 15.0 Å². The predicted molar refractivity (Wildman–Crippen MR) is 74.6 cm³/mol. The number of hydrogen-bond acceptors (Lipinski definition) is 3.